The van der Waals surface area contributed by atoms with Gasteiger partial charge in [-0.15, -0.1) is 0 Å². The smallest absolute Gasteiger partial charge is 0.244 e. The number of amides is 1. The minimum absolute atomic E-state index is 0.222. The lowest BCUT2D eigenvalue weighted by Crippen LogP contribution is -2.47. The lowest BCUT2D eigenvalue weighted by Gasteiger charge is -2.32. The summed E-state index contributed by atoms with van der Waals surface area (Å²) in [5, 5.41) is 3.68. The summed E-state index contributed by atoms with van der Waals surface area (Å²) in [6, 6.07) is 0.284. The van der Waals surface area contributed by atoms with Crippen LogP contribution in [0.1, 0.15) is 52.4 Å². The minimum Gasteiger partial charge on any atom is -0.322 e. The van der Waals surface area contributed by atoms with Crippen LogP contribution in [0.25, 0.3) is 0 Å². The average Bonchev–Trinajstić information content (AvgIpc) is 2.87. The van der Waals surface area contributed by atoms with E-state index in [0.29, 0.717) is 5.91 Å². The highest BCUT2D eigenvalue weighted by Gasteiger charge is 2.52. The van der Waals surface area contributed by atoms with E-state index in [1.54, 1.807) is 0 Å². The number of likely N-dealkylation sites (N-methyl/N-ethyl adjacent to an activating group) is 1. The summed E-state index contributed by atoms with van der Waals surface area (Å²) in [5.74, 6) is 0.359. The van der Waals surface area contributed by atoms with Crippen molar-refractivity contribution in [2.24, 2.45) is 0 Å². The van der Waals surface area contributed by atoms with E-state index in [4.69, 9.17) is 0 Å². The molecule has 0 bridgehead atoms. The standard InChI is InChI=1S/C15H29N3O/c1-5-8-13-16-15(9-6-7-10-15)14(19)18(13)12(2)11-17(3)4/h12-13,16H,5-11H2,1-4H3. The van der Waals surface area contributed by atoms with Gasteiger partial charge in [0, 0.05) is 12.6 Å². The van der Waals surface area contributed by atoms with Gasteiger partial charge in [-0.2, -0.15) is 0 Å². The number of hydrogen-bond acceptors (Lipinski definition) is 3. The van der Waals surface area contributed by atoms with E-state index in [9.17, 15) is 4.79 Å². The van der Waals surface area contributed by atoms with Crippen LogP contribution in [0.5, 0.6) is 0 Å². The van der Waals surface area contributed by atoms with Crippen molar-refractivity contribution in [1.82, 2.24) is 15.1 Å². The molecule has 1 aliphatic carbocycles. The van der Waals surface area contributed by atoms with Gasteiger partial charge in [0.05, 0.1) is 11.7 Å². The van der Waals surface area contributed by atoms with Gasteiger partial charge in [0.1, 0.15) is 0 Å². The van der Waals surface area contributed by atoms with E-state index in [1.807, 2.05) is 0 Å². The molecule has 1 spiro atoms. The van der Waals surface area contributed by atoms with E-state index >= 15 is 0 Å². The number of rotatable bonds is 5. The molecule has 1 saturated carbocycles. The molecule has 1 N–H and O–H groups in total. The molecule has 0 radical (unpaired) electrons. The van der Waals surface area contributed by atoms with E-state index in [0.717, 1.165) is 32.2 Å². The van der Waals surface area contributed by atoms with Gasteiger partial charge in [0.15, 0.2) is 0 Å². The normalized spacial score (nSPS) is 27.7. The molecule has 2 rings (SSSR count). The molecule has 2 atom stereocenters. The van der Waals surface area contributed by atoms with E-state index in [2.05, 4.69) is 43.1 Å². The van der Waals surface area contributed by atoms with Crippen LogP contribution in [0.4, 0.5) is 0 Å². The zero-order valence-corrected chi connectivity index (χ0v) is 12.9. The molecule has 2 unspecified atom stereocenters. The molecule has 1 heterocycles. The summed E-state index contributed by atoms with van der Waals surface area (Å²) in [7, 11) is 4.15. The zero-order chi connectivity index (χ0) is 14.0. The van der Waals surface area contributed by atoms with Gasteiger partial charge in [-0.05, 0) is 40.3 Å². The summed E-state index contributed by atoms with van der Waals surface area (Å²) in [4.78, 5) is 17.2. The molecular formula is C15H29N3O. The van der Waals surface area contributed by atoms with Gasteiger partial charge in [0.2, 0.25) is 5.91 Å². The second kappa shape index (κ2) is 5.80. The zero-order valence-electron chi connectivity index (χ0n) is 12.9. The van der Waals surface area contributed by atoms with Gasteiger partial charge in [-0.3, -0.25) is 10.1 Å². The number of hydrogen-bond donors (Lipinski definition) is 1. The monoisotopic (exact) mass is 267 g/mol. The van der Waals surface area contributed by atoms with Crippen LogP contribution in [-0.4, -0.2) is 54.1 Å². The van der Waals surface area contributed by atoms with Gasteiger partial charge < -0.3 is 9.80 Å². The summed E-state index contributed by atoms with van der Waals surface area (Å²) < 4.78 is 0. The first-order valence-corrected chi connectivity index (χ1v) is 7.75. The molecule has 4 nitrogen and oxygen atoms in total. The Bertz CT molecular complexity index is 323. The largest absolute Gasteiger partial charge is 0.322 e. The fourth-order valence-electron chi connectivity index (χ4n) is 3.78. The third kappa shape index (κ3) is 2.79. The van der Waals surface area contributed by atoms with Crippen LogP contribution in [0.3, 0.4) is 0 Å². The molecule has 0 aromatic rings. The second-order valence-electron chi connectivity index (χ2n) is 6.56. The summed E-state index contributed by atoms with van der Waals surface area (Å²) >= 11 is 0. The van der Waals surface area contributed by atoms with Crippen molar-refractivity contribution in [2.75, 3.05) is 20.6 Å². The highest BCUT2D eigenvalue weighted by molar-refractivity contribution is 5.89. The first kappa shape index (κ1) is 14.8. The van der Waals surface area contributed by atoms with Crippen molar-refractivity contribution in [1.29, 1.82) is 0 Å². The third-order valence-corrected chi connectivity index (χ3v) is 4.55. The minimum atomic E-state index is -0.222. The first-order valence-electron chi connectivity index (χ1n) is 7.75. The Morgan fingerprint density at radius 1 is 1.42 bits per heavy atom. The van der Waals surface area contributed by atoms with Crippen LogP contribution in [0, 0.1) is 0 Å². The lowest BCUT2D eigenvalue weighted by atomic mass is 9.97. The molecule has 1 saturated heterocycles. The molecule has 1 aliphatic heterocycles. The van der Waals surface area contributed by atoms with Crippen molar-refractivity contribution in [3.05, 3.63) is 0 Å². The number of nitrogens with zero attached hydrogens (tertiary/aromatic N) is 2. The SMILES string of the molecule is CCCC1NC2(CCCC2)C(=O)N1C(C)CN(C)C. The van der Waals surface area contributed by atoms with Crippen molar-refractivity contribution < 1.29 is 4.79 Å². The molecule has 1 amide bonds. The maximum Gasteiger partial charge on any atom is 0.244 e. The van der Waals surface area contributed by atoms with Crippen LogP contribution >= 0.6 is 0 Å². The maximum atomic E-state index is 12.9. The van der Waals surface area contributed by atoms with Gasteiger partial charge >= 0.3 is 0 Å². The van der Waals surface area contributed by atoms with Crippen LogP contribution in [-0.2, 0) is 4.79 Å². The Morgan fingerprint density at radius 3 is 2.58 bits per heavy atom. The maximum absolute atomic E-state index is 12.9. The molecule has 0 aromatic carbocycles. The quantitative estimate of drug-likeness (QED) is 0.825. The molecule has 110 valence electrons. The predicted octanol–water partition coefficient (Wildman–Crippen LogP) is 1.81. The summed E-state index contributed by atoms with van der Waals surface area (Å²) in [5.41, 5.74) is -0.222. The third-order valence-electron chi connectivity index (χ3n) is 4.55. The molecule has 19 heavy (non-hydrogen) atoms. The van der Waals surface area contributed by atoms with Crippen molar-refractivity contribution in [3.63, 3.8) is 0 Å². The number of nitrogens with one attached hydrogen (secondary N) is 1. The Hall–Kier alpha value is -0.610. The van der Waals surface area contributed by atoms with E-state index < -0.39 is 0 Å². The van der Waals surface area contributed by atoms with Crippen LogP contribution < -0.4 is 5.32 Å². The second-order valence-corrected chi connectivity index (χ2v) is 6.56. The Morgan fingerprint density at radius 2 is 2.05 bits per heavy atom. The van der Waals surface area contributed by atoms with Crippen molar-refractivity contribution >= 4 is 5.91 Å². The highest BCUT2D eigenvalue weighted by atomic mass is 16.2. The summed E-state index contributed by atoms with van der Waals surface area (Å²) in [6.45, 7) is 5.31. The molecule has 0 aromatic heterocycles. The predicted molar refractivity (Wildman–Crippen MR) is 77.9 cm³/mol. The van der Waals surface area contributed by atoms with Crippen molar-refractivity contribution in [3.8, 4) is 0 Å². The summed E-state index contributed by atoms with van der Waals surface area (Å²) in [6.07, 6.45) is 6.85. The van der Waals surface area contributed by atoms with Gasteiger partial charge in [-0.25, -0.2) is 0 Å². The Labute approximate surface area is 117 Å². The van der Waals surface area contributed by atoms with Crippen LogP contribution in [0.15, 0.2) is 0 Å². The van der Waals surface area contributed by atoms with Gasteiger partial charge in [-0.1, -0.05) is 26.2 Å². The fraction of sp³-hybridized carbons (Fsp3) is 0.933. The van der Waals surface area contributed by atoms with Crippen LogP contribution in [0.2, 0.25) is 0 Å². The average molecular weight is 267 g/mol. The molecular weight excluding hydrogens is 238 g/mol. The molecule has 4 heteroatoms. The van der Waals surface area contributed by atoms with Gasteiger partial charge in [0.25, 0.3) is 0 Å². The topological polar surface area (TPSA) is 35.6 Å². The lowest BCUT2D eigenvalue weighted by molar-refractivity contribution is -0.135. The fourth-order valence-corrected chi connectivity index (χ4v) is 3.78. The van der Waals surface area contributed by atoms with E-state index in [1.165, 1.54) is 12.8 Å². The first-order chi connectivity index (χ1) is 9.00. The number of carbonyl (C=O) groups excluding carboxylic acids is 1. The Balaban J connectivity index is 2.15. The highest BCUT2D eigenvalue weighted by Crippen LogP contribution is 2.38. The van der Waals surface area contributed by atoms with Crippen molar-refractivity contribution in [2.45, 2.75) is 70.1 Å². The van der Waals surface area contributed by atoms with E-state index in [-0.39, 0.29) is 17.7 Å². The molecule has 2 aliphatic rings. The number of carbonyl (C=O) groups is 1. The Kier molecular flexibility index (Phi) is 4.51. The molecule has 2 fully saturated rings.